The molecule has 7 heteroatoms. The number of aryl methyl sites for hydroxylation is 1. The third kappa shape index (κ3) is 5.44. The van der Waals surface area contributed by atoms with Gasteiger partial charge in [-0.2, -0.15) is 0 Å². The molecule has 0 aliphatic carbocycles. The van der Waals surface area contributed by atoms with E-state index in [9.17, 15) is 9.90 Å². The molecule has 0 bridgehead atoms. The van der Waals surface area contributed by atoms with E-state index in [0.717, 1.165) is 0 Å². The average Bonchev–Trinajstić information content (AvgIpc) is 2.66. The molecule has 0 fully saturated rings. The van der Waals surface area contributed by atoms with E-state index >= 15 is 0 Å². The van der Waals surface area contributed by atoms with Crippen molar-refractivity contribution in [1.82, 2.24) is 4.98 Å². The third-order valence-electron chi connectivity index (χ3n) is 2.23. The molecule has 1 rings (SSSR count). The van der Waals surface area contributed by atoms with Crippen molar-refractivity contribution in [2.45, 2.75) is 39.4 Å². The summed E-state index contributed by atoms with van der Waals surface area (Å²) >= 11 is 1.22. The van der Waals surface area contributed by atoms with Gasteiger partial charge in [0.05, 0.1) is 18.4 Å². The Balaban J connectivity index is 2.65. The van der Waals surface area contributed by atoms with Crippen LogP contribution in [0.15, 0.2) is 0 Å². The molecular weight excluding hydrogens is 280 g/mol. The van der Waals surface area contributed by atoms with Crippen LogP contribution in [0, 0.1) is 6.92 Å². The number of aliphatic hydroxyl groups excluding tert-OH is 1. The normalized spacial score (nSPS) is 13.1. The maximum atomic E-state index is 12.0. The summed E-state index contributed by atoms with van der Waals surface area (Å²) in [5.74, 6) is -0.377. The molecule has 0 aliphatic rings. The SMILES string of the molecule is COC[C@H](O)CNc1nc(C)c(C(=O)OC(C)(C)C)s1. The minimum Gasteiger partial charge on any atom is -0.456 e. The number of esters is 1. The Labute approximate surface area is 123 Å². The standard InChI is InChI=1S/C13H22N2O4S/c1-8-10(11(17)19-13(2,3)4)20-12(15-8)14-6-9(16)7-18-5/h9,16H,6-7H2,1-5H3,(H,14,15)/t9-/m1/s1. The van der Waals surface area contributed by atoms with Crippen molar-refractivity contribution in [2.24, 2.45) is 0 Å². The minimum absolute atomic E-state index is 0.246. The molecule has 0 saturated carbocycles. The number of anilines is 1. The molecule has 0 amide bonds. The van der Waals surface area contributed by atoms with Crippen LogP contribution in [0.25, 0.3) is 0 Å². The van der Waals surface area contributed by atoms with Crippen molar-refractivity contribution in [2.75, 3.05) is 25.6 Å². The van der Waals surface area contributed by atoms with Gasteiger partial charge in [0.25, 0.3) is 0 Å². The average molecular weight is 302 g/mol. The molecule has 1 heterocycles. The highest BCUT2D eigenvalue weighted by molar-refractivity contribution is 7.17. The van der Waals surface area contributed by atoms with Crippen LogP contribution < -0.4 is 5.32 Å². The maximum Gasteiger partial charge on any atom is 0.350 e. The van der Waals surface area contributed by atoms with Crippen LogP contribution in [-0.2, 0) is 9.47 Å². The number of hydrogen-bond acceptors (Lipinski definition) is 7. The molecule has 0 saturated heterocycles. The molecule has 0 spiro atoms. The molecule has 0 unspecified atom stereocenters. The summed E-state index contributed by atoms with van der Waals surface area (Å²) in [5.41, 5.74) is 0.0865. The van der Waals surface area contributed by atoms with E-state index < -0.39 is 11.7 Å². The zero-order valence-electron chi connectivity index (χ0n) is 12.5. The van der Waals surface area contributed by atoms with E-state index in [4.69, 9.17) is 9.47 Å². The Morgan fingerprint density at radius 2 is 2.15 bits per heavy atom. The van der Waals surface area contributed by atoms with E-state index in [1.165, 1.54) is 18.4 Å². The van der Waals surface area contributed by atoms with Crippen LogP contribution in [0.4, 0.5) is 5.13 Å². The summed E-state index contributed by atoms with van der Waals surface area (Å²) in [4.78, 5) is 16.7. The molecule has 1 aromatic heterocycles. The van der Waals surface area contributed by atoms with E-state index in [1.807, 2.05) is 20.8 Å². The molecule has 6 nitrogen and oxygen atoms in total. The zero-order chi connectivity index (χ0) is 15.3. The summed E-state index contributed by atoms with van der Waals surface area (Å²) < 4.78 is 10.1. The Kier molecular flexibility index (Phi) is 5.91. The number of carbonyl (C=O) groups is 1. The van der Waals surface area contributed by atoms with Crippen molar-refractivity contribution in [3.05, 3.63) is 10.6 Å². The highest BCUT2D eigenvalue weighted by Crippen LogP contribution is 2.25. The van der Waals surface area contributed by atoms with Gasteiger partial charge in [-0.15, -0.1) is 0 Å². The van der Waals surface area contributed by atoms with Crippen molar-refractivity contribution < 1.29 is 19.4 Å². The molecule has 0 aliphatic heterocycles. The second-order valence-corrected chi connectivity index (χ2v) is 6.42. The molecule has 0 aromatic carbocycles. The third-order valence-corrected chi connectivity index (χ3v) is 3.32. The summed E-state index contributed by atoms with van der Waals surface area (Å²) in [6.07, 6.45) is -0.616. The highest BCUT2D eigenvalue weighted by Gasteiger charge is 2.22. The number of aliphatic hydroxyl groups is 1. The van der Waals surface area contributed by atoms with Crippen LogP contribution in [0.5, 0.6) is 0 Å². The van der Waals surface area contributed by atoms with Gasteiger partial charge in [0.15, 0.2) is 5.13 Å². The fourth-order valence-corrected chi connectivity index (χ4v) is 2.29. The Bertz CT molecular complexity index is 454. The lowest BCUT2D eigenvalue weighted by Crippen LogP contribution is -2.24. The smallest absolute Gasteiger partial charge is 0.350 e. The van der Waals surface area contributed by atoms with Gasteiger partial charge < -0.3 is 19.9 Å². The maximum absolute atomic E-state index is 12.0. The first-order chi connectivity index (χ1) is 9.23. The second kappa shape index (κ2) is 7.01. The molecule has 1 aromatic rings. The molecule has 2 N–H and O–H groups in total. The number of nitrogens with zero attached hydrogens (tertiary/aromatic N) is 1. The quantitative estimate of drug-likeness (QED) is 0.780. The molecule has 1 atom stereocenters. The lowest BCUT2D eigenvalue weighted by Gasteiger charge is -2.18. The summed E-state index contributed by atoms with van der Waals surface area (Å²) in [5, 5.41) is 13.1. The van der Waals surface area contributed by atoms with Crippen LogP contribution in [0.2, 0.25) is 0 Å². The number of ether oxygens (including phenoxy) is 2. The van der Waals surface area contributed by atoms with Crippen LogP contribution in [0.1, 0.15) is 36.1 Å². The van der Waals surface area contributed by atoms with E-state index in [-0.39, 0.29) is 12.6 Å². The van der Waals surface area contributed by atoms with Crippen molar-refractivity contribution in [3.8, 4) is 0 Å². The van der Waals surface area contributed by atoms with Gasteiger partial charge >= 0.3 is 5.97 Å². The lowest BCUT2D eigenvalue weighted by molar-refractivity contribution is 0.00742. The fraction of sp³-hybridized carbons (Fsp3) is 0.692. The number of hydrogen-bond donors (Lipinski definition) is 2. The van der Waals surface area contributed by atoms with E-state index in [1.54, 1.807) is 6.92 Å². The Hall–Kier alpha value is -1.18. The molecule has 114 valence electrons. The van der Waals surface area contributed by atoms with E-state index in [2.05, 4.69) is 10.3 Å². The fourth-order valence-electron chi connectivity index (χ4n) is 1.44. The number of aromatic nitrogens is 1. The molecule has 20 heavy (non-hydrogen) atoms. The van der Waals surface area contributed by atoms with Crippen molar-refractivity contribution in [1.29, 1.82) is 0 Å². The van der Waals surface area contributed by atoms with Gasteiger partial charge in [-0.05, 0) is 27.7 Å². The number of nitrogens with one attached hydrogen (secondary N) is 1. The monoisotopic (exact) mass is 302 g/mol. The van der Waals surface area contributed by atoms with Gasteiger partial charge in [0, 0.05) is 13.7 Å². The first-order valence-corrected chi connectivity index (χ1v) is 7.16. The number of rotatable bonds is 6. The van der Waals surface area contributed by atoms with Gasteiger partial charge in [0.2, 0.25) is 0 Å². The largest absolute Gasteiger partial charge is 0.456 e. The van der Waals surface area contributed by atoms with Gasteiger partial charge in [-0.3, -0.25) is 0 Å². The van der Waals surface area contributed by atoms with Crippen LogP contribution in [0.3, 0.4) is 0 Å². The summed E-state index contributed by atoms with van der Waals surface area (Å²) in [6.45, 7) is 7.78. The van der Waals surface area contributed by atoms with Crippen molar-refractivity contribution >= 4 is 22.4 Å². The number of thiazole rings is 1. The zero-order valence-corrected chi connectivity index (χ0v) is 13.3. The van der Waals surface area contributed by atoms with Gasteiger partial charge in [-0.25, -0.2) is 9.78 Å². The van der Waals surface area contributed by atoms with Crippen LogP contribution in [-0.4, -0.2) is 48.0 Å². The topological polar surface area (TPSA) is 80.7 Å². The second-order valence-electron chi connectivity index (χ2n) is 5.43. The summed E-state index contributed by atoms with van der Waals surface area (Å²) in [7, 11) is 1.53. The first-order valence-electron chi connectivity index (χ1n) is 6.34. The minimum atomic E-state index is -0.616. The highest BCUT2D eigenvalue weighted by atomic mass is 32.1. The lowest BCUT2D eigenvalue weighted by atomic mass is 10.2. The number of carbonyl (C=O) groups excluding carboxylic acids is 1. The Morgan fingerprint density at radius 1 is 1.50 bits per heavy atom. The first kappa shape index (κ1) is 16.9. The Morgan fingerprint density at radius 3 is 2.70 bits per heavy atom. The predicted molar refractivity (Wildman–Crippen MR) is 78.4 cm³/mol. The van der Waals surface area contributed by atoms with Crippen LogP contribution >= 0.6 is 11.3 Å². The predicted octanol–water partition coefficient (Wildman–Crippen LogP) is 1.83. The summed E-state index contributed by atoms with van der Waals surface area (Å²) in [6, 6.07) is 0. The number of methoxy groups -OCH3 is 1. The molecular formula is C13H22N2O4S. The van der Waals surface area contributed by atoms with Gasteiger partial charge in [-0.1, -0.05) is 11.3 Å². The van der Waals surface area contributed by atoms with E-state index in [0.29, 0.717) is 22.2 Å². The molecule has 0 radical (unpaired) electrons. The van der Waals surface area contributed by atoms with Crippen molar-refractivity contribution in [3.63, 3.8) is 0 Å². The van der Waals surface area contributed by atoms with Gasteiger partial charge in [0.1, 0.15) is 10.5 Å².